The molecule has 1 fully saturated rings. The van der Waals surface area contributed by atoms with E-state index in [2.05, 4.69) is 15.7 Å². The van der Waals surface area contributed by atoms with E-state index in [-0.39, 0.29) is 18.3 Å². The first-order chi connectivity index (χ1) is 19.3. The van der Waals surface area contributed by atoms with Crippen LogP contribution >= 0.6 is 0 Å². The van der Waals surface area contributed by atoms with Gasteiger partial charge in [0.2, 0.25) is 0 Å². The number of halogens is 3. The van der Waals surface area contributed by atoms with E-state index in [1.54, 1.807) is 43.5 Å². The van der Waals surface area contributed by atoms with Crippen molar-refractivity contribution in [1.29, 1.82) is 0 Å². The predicted octanol–water partition coefficient (Wildman–Crippen LogP) is 5.70. The second-order valence-electron chi connectivity index (χ2n) is 9.80. The molecule has 0 radical (unpaired) electrons. The molecule has 0 bridgehead atoms. The summed E-state index contributed by atoms with van der Waals surface area (Å²) in [6.45, 7) is 1.03. The Morgan fingerprint density at radius 2 is 1.85 bits per heavy atom. The van der Waals surface area contributed by atoms with Gasteiger partial charge >= 0.3 is 6.18 Å². The molecule has 0 saturated heterocycles. The number of hydrogen-bond donors (Lipinski definition) is 3. The summed E-state index contributed by atoms with van der Waals surface area (Å²) in [5, 5.41) is 10.1. The van der Waals surface area contributed by atoms with Gasteiger partial charge in [0.15, 0.2) is 5.69 Å². The van der Waals surface area contributed by atoms with Crippen LogP contribution in [0.3, 0.4) is 0 Å². The van der Waals surface area contributed by atoms with Crippen LogP contribution in [0.2, 0.25) is 0 Å². The van der Waals surface area contributed by atoms with Crippen LogP contribution in [0.4, 0.5) is 18.9 Å². The number of methoxy groups -OCH3 is 1. The van der Waals surface area contributed by atoms with E-state index < -0.39 is 17.8 Å². The Kier molecular flexibility index (Phi) is 7.90. The standard InChI is InChI=1S/C30H30F3N5O2/c1-40-26-11-3-2-10-24(26)28(35-18-19-12-13-19)21-7-5-8-22(15-21)36-29(39)25-16-27(30(31,32)33)37-38(25)23-9-4-6-20(14-23)17-34/h2-11,14-16,19,28,35H,12-13,17-18,34H2,1H3,(H,36,39). The third-order valence-corrected chi connectivity index (χ3v) is 6.86. The summed E-state index contributed by atoms with van der Waals surface area (Å²) in [5.41, 5.74) is 7.56. The SMILES string of the molecule is COc1ccccc1C(NCC1CC1)c1cccc(NC(=O)c2cc(C(F)(F)F)nn2-c2cccc(CN)c2)c1. The lowest BCUT2D eigenvalue weighted by atomic mass is 9.97. The highest BCUT2D eigenvalue weighted by atomic mass is 19.4. The Bertz CT molecular complexity index is 1500. The molecule has 5 rings (SSSR count). The smallest absolute Gasteiger partial charge is 0.435 e. The molecule has 1 heterocycles. The van der Waals surface area contributed by atoms with Crippen molar-refractivity contribution >= 4 is 11.6 Å². The number of para-hydroxylation sites is 1. The van der Waals surface area contributed by atoms with Gasteiger partial charge in [-0.2, -0.15) is 18.3 Å². The quantitative estimate of drug-likeness (QED) is 0.236. The first kappa shape index (κ1) is 27.4. The number of nitrogens with zero attached hydrogens (tertiary/aromatic N) is 2. The number of nitrogens with one attached hydrogen (secondary N) is 2. The van der Waals surface area contributed by atoms with Gasteiger partial charge < -0.3 is 21.1 Å². The number of carbonyl (C=O) groups excluding carboxylic acids is 1. The van der Waals surface area contributed by atoms with Crippen LogP contribution in [0, 0.1) is 5.92 Å². The molecule has 1 aliphatic rings. The summed E-state index contributed by atoms with van der Waals surface area (Å²) in [6.07, 6.45) is -2.35. The number of anilines is 1. The Labute approximate surface area is 230 Å². The fraction of sp³-hybridized carbons (Fsp3) is 0.267. The molecule has 0 aliphatic heterocycles. The highest BCUT2D eigenvalue weighted by Crippen LogP contribution is 2.34. The van der Waals surface area contributed by atoms with E-state index in [0.29, 0.717) is 22.9 Å². The van der Waals surface area contributed by atoms with Gasteiger partial charge in [-0.1, -0.05) is 42.5 Å². The highest BCUT2D eigenvalue weighted by molar-refractivity contribution is 6.03. The minimum atomic E-state index is -4.72. The summed E-state index contributed by atoms with van der Waals surface area (Å²) >= 11 is 0. The molecule has 4 aromatic rings. The Morgan fingerprint density at radius 1 is 1.07 bits per heavy atom. The molecular formula is C30H30F3N5O2. The maximum atomic E-state index is 13.6. The molecule has 0 spiro atoms. The topological polar surface area (TPSA) is 94.2 Å². The molecule has 1 aliphatic carbocycles. The van der Waals surface area contributed by atoms with Crippen molar-refractivity contribution in [2.45, 2.75) is 31.6 Å². The number of amides is 1. The second-order valence-corrected chi connectivity index (χ2v) is 9.80. The summed E-state index contributed by atoms with van der Waals surface area (Å²) < 4.78 is 47.4. The van der Waals surface area contributed by atoms with Gasteiger partial charge in [-0.25, -0.2) is 4.68 Å². The third-order valence-electron chi connectivity index (χ3n) is 6.86. The molecule has 7 nitrogen and oxygen atoms in total. The summed E-state index contributed by atoms with van der Waals surface area (Å²) in [5.74, 6) is 0.632. The fourth-order valence-corrected chi connectivity index (χ4v) is 4.60. The van der Waals surface area contributed by atoms with E-state index in [0.717, 1.165) is 34.2 Å². The second kappa shape index (κ2) is 11.5. The minimum Gasteiger partial charge on any atom is -0.496 e. The van der Waals surface area contributed by atoms with Gasteiger partial charge in [-0.3, -0.25) is 4.79 Å². The number of aromatic nitrogens is 2. The van der Waals surface area contributed by atoms with Gasteiger partial charge in [0, 0.05) is 23.9 Å². The van der Waals surface area contributed by atoms with Gasteiger partial charge in [0.25, 0.3) is 5.91 Å². The van der Waals surface area contributed by atoms with E-state index in [4.69, 9.17) is 10.5 Å². The van der Waals surface area contributed by atoms with Crippen LogP contribution in [-0.4, -0.2) is 29.3 Å². The minimum absolute atomic E-state index is 0.192. The van der Waals surface area contributed by atoms with Crippen molar-refractivity contribution in [1.82, 2.24) is 15.1 Å². The summed E-state index contributed by atoms with van der Waals surface area (Å²) in [4.78, 5) is 13.4. The van der Waals surface area contributed by atoms with Crippen molar-refractivity contribution in [3.05, 3.63) is 107 Å². The van der Waals surface area contributed by atoms with E-state index in [9.17, 15) is 18.0 Å². The van der Waals surface area contributed by atoms with Crippen molar-refractivity contribution in [3.63, 3.8) is 0 Å². The maximum absolute atomic E-state index is 13.6. The number of carbonyl (C=O) groups is 1. The highest BCUT2D eigenvalue weighted by Gasteiger charge is 2.36. The number of nitrogens with two attached hydrogens (primary N) is 1. The van der Waals surface area contributed by atoms with Crippen LogP contribution in [0.15, 0.2) is 78.9 Å². The number of ether oxygens (including phenoxy) is 1. The van der Waals surface area contributed by atoms with Crippen LogP contribution in [-0.2, 0) is 12.7 Å². The molecule has 1 aromatic heterocycles. The molecule has 1 atom stereocenters. The third kappa shape index (κ3) is 6.19. The van der Waals surface area contributed by atoms with Gasteiger partial charge in [-0.05, 0) is 66.8 Å². The van der Waals surface area contributed by atoms with Crippen molar-refractivity contribution in [2.75, 3.05) is 19.0 Å². The molecule has 208 valence electrons. The predicted molar refractivity (Wildman–Crippen MR) is 146 cm³/mol. The average Bonchev–Trinajstić information content (AvgIpc) is 3.66. The molecule has 4 N–H and O–H groups in total. The molecule has 3 aromatic carbocycles. The molecule has 1 unspecified atom stereocenters. The normalized spacial score (nSPS) is 14.1. The maximum Gasteiger partial charge on any atom is 0.435 e. The van der Waals surface area contributed by atoms with E-state index in [1.165, 1.54) is 12.8 Å². The number of benzene rings is 3. The monoisotopic (exact) mass is 549 g/mol. The molecule has 1 saturated carbocycles. The van der Waals surface area contributed by atoms with Crippen molar-refractivity contribution < 1.29 is 22.7 Å². The molecular weight excluding hydrogens is 519 g/mol. The van der Waals surface area contributed by atoms with Crippen molar-refractivity contribution in [3.8, 4) is 11.4 Å². The van der Waals surface area contributed by atoms with Crippen LogP contribution in [0.5, 0.6) is 5.75 Å². The summed E-state index contributed by atoms with van der Waals surface area (Å²) in [7, 11) is 1.62. The van der Waals surface area contributed by atoms with Gasteiger partial charge in [0.1, 0.15) is 11.4 Å². The number of alkyl halides is 3. The van der Waals surface area contributed by atoms with Gasteiger partial charge in [0.05, 0.1) is 18.8 Å². The zero-order valence-corrected chi connectivity index (χ0v) is 21.9. The lowest BCUT2D eigenvalue weighted by molar-refractivity contribution is -0.141. The Hall–Kier alpha value is -4.15. The Morgan fingerprint density at radius 3 is 2.58 bits per heavy atom. The lowest BCUT2D eigenvalue weighted by Gasteiger charge is -2.22. The molecule has 10 heteroatoms. The number of rotatable bonds is 10. The van der Waals surface area contributed by atoms with E-state index >= 15 is 0 Å². The average molecular weight is 550 g/mol. The zero-order chi connectivity index (χ0) is 28.3. The molecule has 1 amide bonds. The summed E-state index contributed by atoms with van der Waals surface area (Å²) in [6, 6.07) is 22.1. The Balaban J connectivity index is 1.47. The largest absolute Gasteiger partial charge is 0.496 e. The van der Waals surface area contributed by atoms with Crippen molar-refractivity contribution in [2.24, 2.45) is 11.7 Å². The van der Waals surface area contributed by atoms with Crippen LogP contribution in [0.1, 0.15) is 51.8 Å². The van der Waals surface area contributed by atoms with Gasteiger partial charge in [-0.15, -0.1) is 0 Å². The molecule has 40 heavy (non-hydrogen) atoms. The first-order valence-electron chi connectivity index (χ1n) is 13.0. The van der Waals surface area contributed by atoms with Crippen LogP contribution in [0.25, 0.3) is 5.69 Å². The lowest BCUT2D eigenvalue weighted by Crippen LogP contribution is -2.25. The fourth-order valence-electron chi connectivity index (χ4n) is 4.60. The first-order valence-corrected chi connectivity index (χ1v) is 13.0. The van der Waals surface area contributed by atoms with E-state index in [1.807, 2.05) is 36.4 Å². The zero-order valence-electron chi connectivity index (χ0n) is 21.9. The van der Waals surface area contributed by atoms with Crippen LogP contribution < -0.4 is 21.1 Å². The number of hydrogen-bond acceptors (Lipinski definition) is 5.